The van der Waals surface area contributed by atoms with Crippen LogP contribution in [-0.2, 0) is 10.9 Å². The molecule has 106 valence electrons. The fourth-order valence-electron chi connectivity index (χ4n) is 2.31. The molecule has 0 aliphatic carbocycles. The zero-order valence-electron chi connectivity index (χ0n) is 10.2. The quantitative estimate of drug-likeness (QED) is 0.842. The molecule has 2 rings (SSSR count). The molecule has 1 atom stereocenters. The summed E-state index contributed by atoms with van der Waals surface area (Å²) in [5.41, 5.74) is 5.05. The molecule has 1 aliphatic rings. The molecule has 0 radical (unpaired) electrons. The highest BCUT2D eigenvalue weighted by atomic mass is 19.4. The lowest BCUT2D eigenvalue weighted by Gasteiger charge is -2.28. The van der Waals surface area contributed by atoms with Crippen molar-refractivity contribution >= 4 is 0 Å². The van der Waals surface area contributed by atoms with E-state index in [4.69, 9.17) is 10.5 Å². The molecule has 19 heavy (non-hydrogen) atoms. The predicted octanol–water partition coefficient (Wildman–Crippen LogP) is 3.27. The summed E-state index contributed by atoms with van der Waals surface area (Å²) in [6, 6.07) is 2.45. The number of ether oxygens (including phenoxy) is 1. The van der Waals surface area contributed by atoms with Crippen LogP contribution in [0.4, 0.5) is 17.6 Å². The van der Waals surface area contributed by atoms with Crippen LogP contribution in [0.5, 0.6) is 0 Å². The molecule has 1 unspecified atom stereocenters. The summed E-state index contributed by atoms with van der Waals surface area (Å²) >= 11 is 0. The van der Waals surface area contributed by atoms with Crippen LogP contribution in [0.1, 0.15) is 30.0 Å². The predicted molar refractivity (Wildman–Crippen MR) is 61.9 cm³/mol. The summed E-state index contributed by atoms with van der Waals surface area (Å²) in [5, 5.41) is 0. The van der Waals surface area contributed by atoms with Crippen molar-refractivity contribution in [2.24, 2.45) is 11.7 Å². The molecule has 1 saturated heterocycles. The van der Waals surface area contributed by atoms with Crippen LogP contribution in [0, 0.1) is 11.7 Å². The molecule has 1 heterocycles. The van der Waals surface area contributed by atoms with Gasteiger partial charge in [-0.05, 0) is 36.5 Å². The third kappa shape index (κ3) is 3.25. The Balaban J connectivity index is 2.24. The maximum absolute atomic E-state index is 13.2. The van der Waals surface area contributed by atoms with Gasteiger partial charge >= 0.3 is 6.18 Å². The summed E-state index contributed by atoms with van der Waals surface area (Å²) in [7, 11) is 0. The monoisotopic (exact) mass is 277 g/mol. The van der Waals surface area contributed by atoms with E-state index in [0.717, 1.165) is 12.1 Å². The SMILES string of the molecule is NC(c1ccc(F)c(C(F)(F)F)c1)C1CCOCC1. The van der Waals surface area contributed by atoms with Gasteiger partial charge in [0.15, 0.2) is 0 Å². The van der Waals surface area contributed by atoms with E-state index >= 15 is 0 Å². The van der Waals surface area contributed by atoms with E-state index in [-0.39, 0.29) is 5.92 Å². The van der Waals surface area contributed by atoms with Gasteiger partial charge in [-0.15, -0.1) is 0 Å². The fraction of sp³-hybridized carbons (Fsp3) is 0.538. The number of halogens is 4. The van der Waals surface area contributed by atoms with Crippen molar-refractivity contribution in [3.63, 3.8) is 0 Å². The van der Waals surface area contributed by atoms with Crippen LogP contribution in [0.25, 0.3) is 0 Å². The lowest BCUT2D eigenvalue weighted by atomic mass is 9.87. The van der Waals surface area contributed by atoms with Crippen LogP contribution in [0.3, 0.4) is 0 Å². The summed E-state index contributed by atoms with van der Waals surface area (Å²) in [6.07, 6.45) is -3.28. The van der Waals surface area contributed by atoms with Crippen LogP contribution >= 0.6 is 0 Å². The first kappa shape index (κ1) is 14.3. The molecule has 0 saturated carbocycles. The van der Waals surface area contributed by atoms with Crippen molar-refractivity contribution in [1.82, 2.24) is 0 Å². The third-order valence-electron chi connectivity index (χ3n) is 3.45. The Bertz CT molecular complexity index is 441. The molecule has 0 bridgehead atoms. The maximum atomic E-state index is 13.2. The lowest BCUT2D eigenvalue weighted by molar-refractivity contribution is -0.140. The van der Waals surface area contributed by atoms with Crippen LogP contribution < -0.4 is 5.73 Å². The topological polar surface area (TPSA) is 35.2 Å². The zero-order chi connectivity index (χ0) is 14.0. The Morgan fingerprint density at radius 2 is 1.84 bits per heavy atom. The van der Waals surface area contributed by atoms with E-state index in [2.05, 4.69) is 0 Å². The Hall–Kier alpha value is -1.14. The second-order valence-electron chi connectivity index (χ2n) is 4.71. The van der Waals surface area contributed by atoms with Crippen molar-refractivity contribution in [3.05, 3.63) is 35.1 Å². The van der Waals surface area contributed by atoms with Gasteiger partial charge in [-0.2, -0.15) is 13.2 Å². The Kier molecular flexibility index (Phi) is 4.10. The standard InChI is InChI=1S/C13H15F4NO/c14-11-2-1-9(7-10(11)13(15,16)17)12(18)8-3-5-19-6-4-8/h1-2,7-8,12H,3-6,18H2. The zero-order valence-corrected chi connectivity index (χ0v) is 10.2. The molecule has 1 aromatic carbocycles. The first-order chi connectivity index (χ1) is 8.89. The van der Waals surface area contributed by atoms with Crippen molar-refractivity contribution in [2.45, 2.75) is 25.1 Å². The molecule has 0 aromatic heterocycles. The van der Waals surface area contributed by atoms with Gasteiger partial charge < -0.3 is 10.5 Å². The highest BCUT2D eigenvalue weighted by Crippen LogP contribution is 2.35. The first-order valence-electron chi connectivity index (χ1n) is 6.09. The smallest absolute Gasteiger partial charge is 0.381 e. The van der Waals surface area contributed by atoms with Gasteiger partial charge in [-0.1, -0.05) is 6.07 Å². The number of rotatable bonds is 2. The molecular formula is C13H15F4NO. The second kappa shape index (κ2) is 5.46. The normalized spacial score (nSPS) is 19.4. The summed E-state index contributed by atoms with van der Waals surface area (Å²) in [5.74, 6) is -1.20. The highest BCUT2D eigenvalue weighted by Gasteiger charge is 2.35. The largest absolute Gasteiger partial charge is 0.419 e. The average molecular weight is 277 g/mol. The van der Waals surface area contributed by atoms with E-state index in [1.807, 2.05) is 0 Å². The van der Waals surface area contributed by atoms with Gasteiger partial charge in [-0.3, -0.25) is 0 Å². The van der Waals surface area contributed by atoms with Gasteiger partial charge in [0.1, 0.15) is 5.82 Å². The summed E-state index contributed by atoms with van der Waals surface area (Å²) in [6.45, 7) is 1.12. The Labute approximate surface area is 108 Å². The van der Waals surface area contributed by atoms with Crippen LogP contribution in [0.2, 0.25) is 0 Å². The van der Waals surface area contributed by atoms with Crippen molar-refractivity contribution in [2.75, 3.05) is 13.2 Å². The minimum absolute atomic E-state index is 0.0697. The molecule has 1 fully saturated rings. The molecule has 0 amide bonds. The second-order valence-corrected chi connectivity index (χ2v) is 4.71. The van der Waals surface area contributed by atoms with E-state index in [1.54, 1.807) is 0 Å². The fourth-order valence-corrected chi connectivity index (χ4v) is 2.31. The average Bonchev–Trinajstić information content (AvgIpc) is 2.38. The van der Waals surface area contributed by atoms with Crippen molar-refractivity contribution in [3.8, 4) is 0 Å². The molecule has 1 aliphatic heterocycles. The Morgan fingerprint density at radius 1 is 1.21 bits per heavy atom. The molecule has 2 nitrogen and oxygen atoms in total. The van der Waals surface area contributed by atoms with Gasteiger partial charge in [0.2, 0.25) is 0 Å². The van der Waals surface area contributed by atoms with E-state index < -0.39 is 23.6 Å². The molecule has 6 heteroatoms. The summed E-state index contributed by atoms with van der Waals surface area (Å²) in [4.78, 5) is 0. The van der Waals surface area contributed by atoms with E-state index in [1.165, 1.54) is 6.07 Å². The lowest BCUT2D eigenvalue weighted by Crippen LogP contribution is -2.27. The maximum Gasteiger partial charge on any atom is 0.419 e. The number of hydrogen-bond donors (Lipinski definition) is 1. The van der Waals surface area contributed by atoms with Crippen LogP contribution in [0.15, 0.2) is 18.2 Å². The van der Waals surface area contributed by atoms with E-state index in [0.29, 0.717) is 31.6 Å². The third-order valence-corrected chi connectivity index (χ3v) is 3.45. The first-order valence-corrected chi connectivity index (χ1v) is 6.09. The molecule has 1 aromatic rings. The highest BCUT2D eigenvalue weighted by molar-refractivity contribution is 5.29. The van der Waals surface area contributed by atoms with Gasteiger partial charge in [0.05, 0.1) is 5.56 Å². The number of hydrogen-bond acceptors (Lipinski definition) is 2. The van der Waals surface area contributed by atoms with Crippen molar-refractivity contribution in [1.29, 1.82) is 0 Å². The van der Waals surface area contributed by atoms with Crippen LogP contribution in [-0.4, -0.2) is 13.2 Å². The van der Waals surface area contributed by atoms with E-state index in [9.17, 15) is 17.6 Å². The van der Waals surface area contributed by atoms with Crippen molar-refractivity contribution < 1.29 is 22.3 Å². The number of alkyl halides is 3. The minimum Gasteiger partial charge on any atom is -0.381 e. The minimum atomic E-state index is -4.70. The van der Waals surface area contributed by atoms with Gasteiger partial charge in [-0.25, -0.2) is 4.39 Å². The Morgan fingerprint density at radius 3 is 2.42 bits per heavy atom. The summed E-state index contributed by atoms with van der Waals surface area (Å²) < 4.78 is 56.3. The van der Waals surface area contributed by atoms with Gasteiger partial charge in [0.25, 0.3) is 0 Å². The molecule has 0 spiro atoms. The van der Waals surface area contributed by atoms with Gasteiger partial charge in [0, 0.05) is 19.3 Å². The number of nitrogens with two attached hydrogens (primary N) is 1. The number of benzene rings is 1. The molecule has 2 N–H and O–H groups in total. The molecular weight excluding hydrogens is 262 g/mol.